The van der Waals surface area contributed by atoms with Crippen LogP contribution in [0.1, 0.15) is 6.92 Å². The van der Waals surface area contributed by atoms with E-state index in [4.69, 9.17) is 4.74 Å². The first kappa shape index (κ1) is 14.2. The summed E-state index contributed by atoms with van der Waals surface area (Å²) in [5, 5.41) is 13.4. The lowest BCUT2D eigenvalue weighted by Gasteiger charge is -2.07. The molecule has 0 aliphatic carbocycles. The van der Waals surface area contributed by atoms with E-state index in [-0.39, 0.29) is 6.10 Å². The number of aliphatic hydroxyl groups is 1. The topological polar surface area (TPSA) is 70.2 Å². The Morgan fingerprint density at radius 1 is 1.53 bits per heavy atom. The van der Waals surface area contributed by atoms with E-state index in [0.717, 1.165) is 21.9 Å². The smallest absolute Gasteiger partial charge is 0.166 e. The van der Waals surface area contributed by atoms with Crippen molar-refractivity contribution in [3.05, 3.63) is 18.2 Å². The van der Waals surface area contributed by atoms with Crippen molar-refractivity contribution in [2.45, 2.75) is 18.2 Å². The highest BCUT2D eigenvalue weighted by Gasteiger charge is 2.08. The van der Waals surface area contributed by atoms with E-state index in [2.05, 4.69) is 15.3 Å². The average molecular weight is 281 g/mol. The normalized spacial score (nSPS) is 12.8. The third-order valence-corrected chi connectivity index (χ3v) is 3.61. The lowest BCUT2D eigenvalue weighted by molar-refractivity contribution is 0.199. The number of thioether (sulfide) groups is 1. The SMILES string of the molecule is CCOc1ccc2nc(SCC(O)CNC)[nH]c2c1. The van der Waals surface area contributed by atoms with Crippen LogP contribution < -0.4 is 10.1 Å². The third kappa shape index (κ3) is 3.86. The molecule has 5 nitrogen and oxygen atoms in total. The number of rotatable bonds is 7. The number of imidazole rings is 1. The largest absolute Gasteiger partial charge is 0.494 e. The molecule has 0 radical (unpaired) electrons. The summed E-state index contributed by atoms with van der Waals surface area (Å²) in [5.74, 6) is 1.45. The first-order valence-electron chi connectivity index (χ1n) is 6.31. The fourth-order valence-electron chi connectivity index (χ4n) is 1.76. The van der Waals surface area contributed by atoms with Crippen LogP contribution in [0, 0.1) is 0 Å². The minimum Gasteiger partial charge on any atom is -0.494 e. The van der Waals surface area contributed by atoms with Crippen LogP contribution in [-0.4, -0.2) is 47.1 Å². The number of ether oxygens (including phenoxy) is 1. The van der Waals surface area contributed by atoms with Gasteiger partial charge in [-0.05, 0) is 26.1 Å². The van der Waals surface area contributed by atoms with Gasteiger partial charge >= 0.3 is 0 Å². The molecule has 6 heteroatoms. The zero-order chi connectivity index (χ0) is 13.7. The van der Waals surface area contributed by atoms with Crippen molar-refractivity contribution in [1.29, 1.82) is 0 Å². The molecule has 0 fully saturated rings. The highest BCUT2D eigenvalue weighted by atomic mass is 32.2. The Balaban J connectivity index is 2.04. The summed E-state index contributed by atoms with van der Waals surface area (Å²) < 4.78 is 5.45. The predicted octanol–water partition coefficient (Wildman–Crippen LogP) is 1.63. The van der Waals surface area contributed by atoms with Crippen molar-refractivity contribution in [2.24, 2.45) is 0 Å². The summed E-state index contributed by atoms with van der Waals surface area (Å²) in [4.78, 5) is 7.70. The predicted molar refractivity (Wildman–Crippen MR) is 77.9 cm³/mol. The molecule has 1 atom stereocenters. The summed E-state index contributed by atoms with van der Waals surface area (Å²) in [6, 6.07) is 5.79. The van der Waals surface area contributed by atoms with Crippen molar-refractivity contribution in [2.75, 3.05) is 26.0 Å². The highest BCUT2D eigenvalue weighted by molar-refractivity contribution is 7.99. The van der Waals surface area contributed by atoms with Crippen LogP contribution in [0.4, 0.5) is 0 Å². The van der Waals surface area contributed by atoms with Gasteiger partial charge < -0.3 is 20.1 Å². The summed E-state index contributed by atoms with van der Waals surface area (Å²) in [6.07, 6.45) is -0.373. The minimum absolute atomic E-state index is 0.373. The molecular formula is C13H19N3O2S. The van der Waals surface area contributed by atoms with Crippen LogP contribution in [0.15, 0.2) is 23.4 Å². The number of benzene rings is 1. The third-order valence-electron chi connectivity index (χ3n) is 2.59. The molecule has 1 aromatic heterocycles. The Morgan fingerprint density at radius 2 is 2.37 bits per heavy atom. The molecule has 2 aromatic rings. The molecule has 0 aliphatic heterocycles. The maximum Gasteiger partial charge on any atom is 0.166 e. The number of likely N-dealkylation sites (N-methyl/N-ethyl adjacent to an activating group) is 1. The van der Waals surface area contributed by atoms with Crippen LogP contribution >= 0.6 is 11.8 Å². The number of aromatic nitrogens is 2. The van der Waals surface area contributed by atoms with Crippen molar-refractivity contribution in [1.82, 2.24) is 15.3 Å². The maximum atomic E-state index is 9.65. The molecule has 3 N–H and O–H groups in total. The van der Waals surface area contributed by atoms with Gasteiger partial charge in [-0.15, -0.1) is 0 Å². The van der Waals surface area contributed by atoms with Crippen molar-refractivity contribution in [3.63, 3.8) is 0 Å². The molecule has 0 spiro atoms. The van der Waals surface area contributed by atoms with E-state index in [0.29, 0.717) is 18.9 Å². The van der Waals surface area contributed by atoms with Gasteiger partial charge in [0.2, 0.25) is 0 Å². The molecule has 0 amide bonds. The van der Waals surface area contributed by atoms with Crippen LogP contribution in [0.25, 0.3) is 11.0 Å². The quantitative estimate of drug-likeness (QED) is 0.673. The summed E-state index contributed by atoms with van der Waals surface area (Å²) in [6.45, 7) is 3.20. The first-order chi connectivity index (χ1) is 9.22. The van der Waals surface area contributed by atoms with E-state index in [1.54, 1.807) is 0 Å². The lowest BCUT2D eigenvalue weighted by Crippen LogP contribution is -2.25. The van der Waals surface area contributed by atoms with Gasteiger partial charge in [0.05, 0.1) is 23.7 Å². The summed E-state index contributed by atoms with van der Waals surface area (Å²) >= 11 is 1.52. The van der Waals surface area contributed by atoms with Gasteiger partial charge in [-0.2, -0.15) is 0 Å². The Morgan fingerprint density at radius 3 is 3.11 bits per heavy atom. The monoisotopic (exact) mass is 281 g/mol. The fourth-order valence-corrected chi connectivity index (χ4v) is 2.57. The Bertz CT molecular complexity index is 530. The number of hydrogen-bond donors (Lipinski definition) is 3. The highest BCUT2D eigenvalue weighted by Crippen LogP contribution is 2.23. The van der Waals surface area contributed by atoms with Gasteiger partial charge in [-0.3, -0.25) is 0 Å². The molecule has 1 unspecified atom stereocenters. The standard InChI is InChI=1S/C13H19N3O2S/c1-3-18-10-4-5-11-12(6-10)16-13(15-11)19-8-9(17)7-14-2/h4-6,9,14,17H,3,7-8H2,1-2H3,(H,15,16). The van der Waals surface area contributed by atoms with Gasteiger partial charge in [0.1, 0.15) is 5.75 Å². The van der Waals surface area contributed by atoms with Crippen LogP contribution in [0.3, 0.4) is 0 Å². The molecule has 0 saturated carbocycles. The van der Waals surface area contributed by atoms with Crippen molar-refractivity contribution >= 4 is 22.8 Å². The van der Waals surface area contributed by atoms with E-state index in [9.17, 15) is 5.11 Å². The molecule has 0 bridgehead atoms. The van der Waals surface area contributed by atoms with E-state index < -0.39 is 0 Å². The van der Waals surface area contributed by atoms with Gasteiger partial charge in [-0.1, -0.05) is 11.8 Å². The van der Waals surface area contributed by atoms with E-state index in [1.807, 2.05) is 32.2 Å². The second kappa shape index (κ2) is 6.79. The molecule has 1 aromatic carbocycles. The molecular weight excluding hydrogens is 262 g/mol. The number of hydrogen-bond acceptors (Lipinski definition) is 5. The number of nitrogens with one attached hydrogen (secondary N) is 2. The van der Waals surface area contributed by atoms with Gasteiger partial charge in [-0.25, -0.2) is 4.98 Å². The second-order valence-electron chi connectivity index (χ2n) is 4.18. The van der Waals surface area contributed by atoms with Gasteiger partial charge in [0.15, 0.2) is 5.16 Å². The average Bonchev–Trinajstić information content (AvgIpc) is 2.79. The molecule has 19 heavy (non-hydrogen) atoms. The molecule has 0 aliphatic rings. The zero-order valence-electron chi connectivity index (χ0n) is 11.1. The Labute approximate surface area is 116 Å². The molecule has 104 valence electrons. The number of nitrogens with zero attached hydrogens (tertiary/aromatic N) is 1. The fraction of sp³-hybridized carbons (Fsp3) is 0.462. The summed E-state index contributed by atoms with van der Waals surface area (Å²) in [5.41, 5.74) is 1.87. The first-order valence-corrected chi connectivity index (χ1v) is 7.29. The van der Waals surface area contributed by atoms with E-state index >= 15 is 0 Å². The summed E-state index contributed by atoms with van der Waals surface area (Å²) in [7, 11) is 1.82. The number of H-pyrrole nitrogens is 1. The number of fused-ring (bicyclic) bond motifs is 1. The van der Waals surface area contributed by atoms with E-state index in [1.165, 1.54) is 11.8 Å². The van der Waals surface area contributed by atoms with Crippen molar-refractivity contribution < 1.29 is 9.84 Å². The molecule has 1 heterocycles. The molecule has 2 rings (SSSR count). The molecule has 0 saturated heterocycles. The Kier molecular flexibility index (Phi) is 5.07. The zero-order valence-corrected chi connectivity index (χ0v) is 12.0. The van der Waals surface area contributed by atoms with Gasteiger partial charge in [0.25, 0.3) is 0 Å². The van der Waals surface area contributed by atoms with Crippen molar-refractivity contribution in [3.8, 4) is 5.75 Å². The Hall–Kier alpha value is -1.24. The lowest BCUT2D eigenvalue weighted by atomic mass is 10.3. The van der Waals surface area contributed by atoms with Crippen LogP contribution in [0.5, 0.6) is 5.75 Å². The number of aromatic amines is 1. The minimum atomic E-state index is -0.373. The van der Waals surface area contributed by atoms with Crippen LogP contribution in [-0.2, 0) is 0 Å². The second-order valence-corrected chi connectivity index (χ2v) is 5.19. The number of aliphatic hydroxyl groups excluding tert-OH is 1. The maximum absolute atomic E-state index is 9.65. The van der Waals surface area contributed by atoms with Crippen LogP contribution in [0.2, 0.25) is 0 Å². The van der Waals surface area contributed by atoms with Gasteiger partial charge in [0, 0.05) is 18.4 Å².